The van der Waals surface area contributed by atoms with Crippen molar-refractivity contribution in [3.63, 3.8) is 0 Å². The fraction of sp³-hybridized carbons (Fsp3) is 0.286. The zero-order valence-electron chi connectivity index (χ0n) is 6.11. The van der Waals surface area contributed by atoms with Crippen LogP contribution in [-0.2, 0) is 5.75 Å². The Hall–Kier alpha value is -0.480. The van der Waals surface area contributed by atoms with Crippen molar-refractivity contribution in [3.05, 3.63) is 23.0 Å². The normalized spacial score (nSPS) is 11.1. The Labute approximate surface area is 74.3 Å². The number of rotatable bonds is 1. The number of aromatic nitrogens is 2. The molecule has 2 nitrogen and oxygen atoms in total. The van der Waals surface area contributed by atoms with E-state index < -0.39 is 0 Å². The second-order valence-electron chi connectivity index (χ2n) is 2.36. The molecular formula is C7H8N2S2. The highest BCUT2D eigenvalue weighted by molar-refractivity contribution is 7.79. The Bertz CT molecular complexity index is 375. The van der Waals surface area contributed by atoms with Gasteiger partial charge in [0.1, 0.15) is 0 Å². The number of nitrogens with zero attached hydrogens (tertiary/aromatic N) is 2. The van der Waals surface area contributed by atoms with Crippen molar-refractivity contribution in [2.45, 2.75) is 12.7 Å². The number of hydrogen-bond acceptors (Lipinski definition) is 3. The molecule has 0 aromatic carbocycles. The second kappa shape index (κ2) is 2.53. The van der Waals surface area contributed by atoms with Crippen LogP contribution in [0.5, 0.6) is 0 Å². The van der Waals surface area contributed by atoms with Crippen LogP contribution in [0.2, 0.25) is 0 Å². The largest absolute Gasteiger partial charge is 0.294 e. The minimum Gasteiger partial charge on any atom is -0.294 e. The minimum absolute atomic E-state index is 0.754. The molecule has 2 rings (SSSR count). The van der Waals surface area contributed by atoms with Crippen LogP contribution in [0, 0.1) is 6.92 Å². The lowest BCUT2D eigenvalue weighted by atomic mass is 10.4. The maximum absolute atomic E-state index is 4.38. The molecule has 0 aliphatic heterocycles. The average molecular weight is 184 g/mol. The lowest BCUT2D eigenvalue weighted by molar-refractivity contribution is 1.10. The summed E-state index contributed by atoms with van der Waals surface area (Å²) >= 11 is 5.90. The first kappa shape index (κ1) is 7.18. The van der Waals surface area contributed by atoms with Crippen LogP contribution in [-0.4, -0.2) is 9.38 Å². The summed E-state index contributed by atoms with van der Waals surface area (Å²) in [5, 5.41) is 2.04. The van der Waals surface area contributed by atoms with E-state index in [2.05, 4.69) is 22.0 Å². The molecule has 0 aliphatic rings. The summed E-state index contributed by atoms with van der Waals surface area (Å²) in [6, 6.07) is 0. The van der Waals surface area contributed by atoms with Gasteiger partial charge in [-0.2, -0.15) is 12.6 Å². The molecule has 0 aliphatic carbocycles. The van der Waals surface area contributed by atoms with Gasteiger partial charge in [-0.1, -0.05) is 0 Å². The lowest BCUT2D eigenvalue weighted by Gasteiger charge is -1.92. The molecule has 2 aromatic heterocycles. The van der Waals surface area contributed by atoms with Crippen molar-refractivity contribution in [2.75, 3.05) is 0 Å². The third-order valence-corrected chi connectivity index (χ3v) is 2.77. The van der Waals surface area contributed by atoms with E-state index in [0.29, 0.717) is 0 Å². The Morgan fingerprint density at radius 2 is 2.55 bits per heavy atom. The predicted octanol–water partition coefficient (Wildman–Crippen LogP) is 2.13. The number of hydrogen-bond donors (Lipinski definition) is 1. The number of thiazole rings is 1. The zero-order valence-corrected chi connectivity index (χ0v) is 7.82. The molecule has 4 heteroatoms. The van der Waals surface area contributed by atoms with Gasteiger partial charge in [-0.15, -0.1) is 11.3 Å². The molecule has 0 fully saturated rings. The van der Waals surface area contributed by atoms with Crippen molar-refractivity contribution >= 4 is 28.9 Å². The van der Waals surface area contributed by atoms with Crippen LogP contribution in [0.4, 0.5) is 0 Å². The third kappa shape index (κ3) is 0.973. The number of aryl methyl sites for hydroxylation is 1. The van der Waals surface area contributed by atoms with Gasteiger partial charge in [0.15, 0.2) is 4.96 Å². The lowest BCUT2D eigenvalue weighted by Crippen LogP contribution is -1.86. The van der Waals surface area contributed by atoms with E-state index in [9.17, 15) is 0 Å². The molecule has 0 unspecified atom stereocenters. The molecule has 58 valence electrons. The highest BCUT2D eigenvalue weighted by Gasteiger charge is 2.06. The van der Waals surface area contributed by atoms with Crippen molar-refractivity contribution in [2.24, 2.45) is 0 Å². The van der Waals surface area contributed by atoms with Crippen molar-refractivity contribution in [3.8, 4) is 0 Å². The van der Waals surface area contributed by atoms with Gasteiger partial charge in [-0.25, -0.2) is 4.98 Å². The van der Waals surface area contributed by atoms with Crippen molar-refractivity contribution < 1.29 is 0 Å². The van der Waals surface area contributed by atoms with Crippen LogP contribution in [0.25, 0.3) is 4.96 Å². The molecule has 0 radical (unpaired) electrons. The molecule has 0 saturated carbocycles. The SMILES string of the molecule is Cc1nc2sccn2c1CS. The zero-order chi connectivity index (χ0) is 7.84. The van der Waals surface area contributed by atoms with Crippen LogP contribution in [0.3, 0.4) is 0 Å². The summed E-state index contributed by atoms with van der Waals surface area (Å²) in [5.41, 5.74) is 2.29. The van der Waals surface area contributed by atoms with Crippen LogP contribution in [0.15, 0.2) is 11.6 Å². The summed E-state index contributed by atoms with van der Waals surface area (Å²) in [7, 11) is 0. The van der Waals surface area contributed by atoms with Gasteiger partial charge in [0, 0.05) is 17.3 Å². The summed E-state index contributed by atoms with van der Waals surface area (Å²) in [6.07, 6.45) is 2.03. The van der Waals surface area contributed by atoms with Crippen LogP contribution >= 0.6 is 24.0 Å². The monoisotopic (exact) mass is 184 g/mol. The van der Waals surface area contributed by atoms with Gasteiger partial charge >= 0.3 is 0 Å². The quantitative estimate of drug-likeness (QED) is 0.672. The first-order valence-electron chi connectivity index (χ1n) is 3.35. The molecule has 2 aromatic rings. The van der Waals surface area contributed by atoms with Gasteiger partial charge in [0.2, 0.25) is 0 Å². The molecule has 0 N–H and O–H groups in total. The van der Waals surface area contributed by atoms with E-state index in [1.807, 2.05) is 18.5 Å². The second-order valence-corrected chi connectivity index (χ2v) is 3.55. The topological polar surface area (TPSA) is 17.3 Å². The molecule has 0 saturated heterocycles. The number of fused-ring (bicyclic) bond motifs is 1. The summed E-state index contributed by atoms with van der Waals surface area (Å²) in [6.45, 7) is 2.02. The van der Waals surface area contributed by atoms with Crippen LogP contribution in [0.1, 0.15) is 11.4 Å². The average Bonchev–Trinajstić information content (AvgIpc) is 2.46. The summed E-state index contributed by atoms with van der Waals surface area (Å²) < 4.78 is 2.09. The molecule has 0 atom stereocenters. The first-order valence-corrected chi connectivity index (χ1v) is 4.86. The maximum Gasteiger partial charge on any atom is 0.194 e. The third-order valence-electron chi connectivity index (χ3n) is 1.71. The molecule has 0 spiro atoms. The Balaban J connectivity index is 2.80. The Morgan fingerprint density at radius 1 is 1.73 bits per heavy atom. The van der Waals surface area contributed by atoms with Gasteiger partial charge in [0.25, 0.3) is 0 Å². The van der Waals surface area contributed by atoms with Gasteiger partial charge in [-0.05, 0) is 6.92 Å². The summed E-state index contributed by atoms with van der Waals surface area (Å²) in [5.74, 6) is 0.754. The number of imidazole rings is 1. The fourth-order valence-electron chi connectivity index (χ4n) is 1.13. The van der Waals surface area contributed by atoms with E-state index in [0.717, 1.165) is 16.4 Å². The van der Waals surface area contributed by atoms with E-state index in [1.54, 1.807) is 11.3 Å². The van der Waals surface area contributed by atoms with Crippen LogP contribution < -0.4 is 0 Å². The standard InChI is InChI=1S/C7H8N2S2/c1-5-6(4-10)9-2-3-11-7(9)8-5/h2-3,10H,4H2,1H3. The molecule has 2 heterocycles. The van der Waals surface area contributed by atoms with E-state index >= 15 is 0 Å². The minimum atomic E-state index is 0.754. The van der Waals surface area contributed by atoms with E-state index in [-0.39, 0.29) is 0 Å². The Morgan fingerprint density at radius 3 is 3.27 bits per heavy atom. The first-order chi connectivity index (χ1) is 5.33. The maximum atomic E-state index is 4.38. The smallest absolute Gasteiger partial charge is 0.194 e. The van der Waals surface area contributed by atoms with E-state index in [4.69, 9.17) is 0 Å². The summed E-state index contributed by atoms with van der Waals surface area (Å²) in [4.78, 5) is 5.44. The van der Waals surface area contributed by atoms with Gasteiger partial charge < -0.3 is 0 Å². The molecular weight excluding hydrogens is 176 g/mol. The number of thiol groups is 1. The molecule has 0 amide bonds. The highest BCUT2D eigenvalue weighted by Crippen LogP contribution is 2.17. The van der Waals surface area contributed by atoms with Gasteiger partial charge in [0.05, 0.1) is 11.4 Å². The van der Waals surface area contributed by atoms with Gasteiger partial charge in [-0.3, -0.25) is 4.40 Å². The predicted molar refractivity (Wildman–Crippen MR) is 50.5 cm³/mol. The van der Waals surface area contributed by atoms with Crippen molar-refractivity contribution in [1.82, 2.24) is 9.38 Å². The molecule has 0 bridgehead atoms. The fourth-order valence-corrected chi connectivity index (χ4v) is 2.29. The van der Waals surface area contributed by atoms with Crippen molar-refractivity contribution in [1.29, 1.82) is 0 Å². The molecule has 11 heavy (non-hydrogen) atoms. The highest BCUT2D eigenvalue weighted by atomic mass is 32.1. The van der Waals surface area contributed by atoms with E-state index in [1.165, 1.54) is 5.69 Å². The Kier molecular flexibility index (Phi) is 1.65.